The smallest absolute Gasteiger partial charge is 0.310 e. The van der Waals surface area contributed by atoms with Crippen LogP contribution in [-0.2, 0) is 23.8 Å². The molecule has 0 spiro atoms. The zero-order chi connectivity index (χ0) is 40.0. The fourth-order valence-corrected chi connectivity index (χ4v) is 7.40. The standard InChI is InChI=1S/C40H36O16/c1-52-38(50)30-27(17-2-8-20(41)9-3-17)28(18-4-10-21(42)11-5-18)31(30)39(51)53-16-26-32(46)34(48)35(49)40(55-26)56-37-33(47)29-24(45)14-23(44)15-25(29)54-36(37)19-6-12-22(43)13-7-19/h2-15,26-28,30-32,34-35,40-46,48-49H,16H2,1H3/t26-,27+,28+,30-,31-,32+,34+,35-,40+/m1/s1. The Labute approximate surface area is 316 Å². The van der Waals surface area contributed by atoms with E-state index in [2.05, 4.69) is 0 Å². The maximum Gasteiger partial charge on any atom is 0.310 e. The molecule has 2 fully saturated rings. The first-order chi connectivity index (χ1) is 26.8. The molecule has 5 aromatic rings. The number of esters is 2. The van der Waals surface area contributed by atoms with Crippen molar-refractivity contribution in [2.45, 2.75) is 42.5 Å². The molecular formula is C40H36O16. The minimum atomic E-state index is -1.99. The summed E-state index contributed by atoms with van der Waals surface area (Å²) in [6.45, 7) is -0.739. The van der Waals surface area contributed by atoms with Crippen LogP contribution in [0.2, 0.25) is 0 Å². The predicted molar refractivity (Wildman–Crippen MR) is 192 cm³/mol. The van der Waals surface area contributed by atoms with E-state index in [-0.39, 0.29) is 34.2 Å². The Hall–Kier alpha value is -6.33. The second kappa shape index (κ2) is 15.1. The average Bonchev–Trinajstić information content (AvgIpc) is 3.16. The van der Waals surface area contributed by atoms with Crippen molar-refractivity contribution in [3.63, 3.8) is 0 Å². The lowest BCUT2D eigenvalue weighted by Crippen LogP contribution is -2.60. The number of carbonyl (C=O) groups is 2. The number of phenols is 5. The van der Waals surface area contributed by atoms with Crippen LogP contribution in [0.3, 0.4) is 0 Å². The monoisotopic (exact) mass is 772 g/mol. The van der Waals surface area contributed by atoms with Crippen LogP contribution in [0.1, 0.15) is 23.0 Å². The first-order valence-corrected chi connectivity index (χ1v) is 17.3. The van der Waals surface area contributed by atoms with Gasteiger partial charge in [-0.2, -0.15) is 0 Å². The van der Waals surface area contributed by atoms with E-state index in [0.717, 1.165) is 12.1 Å². The molecule has 0 radical (unpaired) electrons. The van der Waals surface area contributed by atoms with E-state index in [1.807, 2.05) is 0 Å². The molecule has 9 atom stereocenters. The Balaban J connectivity index is 1.17. The summed E-state index contributed by atoms with van der Waals surface area (Å²) in [6.07, 6.45) is -9.31. The summed E-state index contributed by atoms with van der Waals surface area (Å²) in [4.78, 5) is 41.0. The quantitative estimate of drug-likeness (QED) is 0.100. The van der Waals surface area contributed by atoms with Gasteiger partial charge in [0.05, 0.1) is 18.9 Å². The van der Waals surface area contributed by atoms with Gasteiger partial charge in [-0.15, -0.1) is 0 Å². The van der Waals surface area contributed by atoms with E-state index in [1.54, 1.807) is 24.3 Å². The fourth-order valence-electron chi connectivity index (χ4n) is 7.40. The van der Waals surface area contributed by atoms with Crippen LogP contribution >= 0.6 is 0 Å². The second-order valence-electron chi connectivity index (χ2n) is 13.5. The zero-order valence-corrected chi connectivity index (χ0v) is 29.3. The van der Waals surface area contributed by atoms with Crippen LogP contribution in [-0.4, -0.2) is 97.2 Å². The molecule has 2 aliphatic rings. The van der Waals surface area contributed by atoms with E-state index < -0.39 is 101 Å². The van der Waals surface area contributed by atoms with Gasteiger partial charge in [0.25, 0.3) is 0 Å². The van der Waals surface area contributed by atoms with Gasteiger partial charge >= 0.3 is 11.9 Å². The molecule has 1 aliphatic heterocycles. The summed E-state index contributed by atoms with van der Waals surface area (Å²) < 4.78 is 28.2. The number of fused-ring (bicyclic) bond motifs is 1. The van der Waals surface area contributed by atoms with Gasteiger partial charge in [0.2, 0.25) is 17.5 Å². The fraction of sp³-hybridized carbons (Fsp3) is 0.275. The van der Waals surface area contributed by atoms with Crippen molar-refractivity contribution in [1.29, 1.82) is 0 Å². The van der Waals surface area contributed by atoms with Crippen LogP contribution in [0, 0.1) is 11.8 Å². The molecule has 16 heteroatoms. The summed E-state index contributed by atoms with van der Waals surface area (Å²) >= 11 is 0. The van der Waals surface area contributed by atoms with Crippen LogP contribution in [0.5, 0.6) is 34.5 Å². The maximum absolute atomic E-state index is 13.9. The first-order valence-electron chi connectivity index (χ1n) is 17.3. The summed E-state index contributed by atoms with van der Waals surface area (Å²) in [7, 11) is 1.17. The summed E-state index contributed by atoms with van der Waals surface area (Å²) in [5.74, 6) is -7.35. The molecular weight excluding hydrogens is 736 g/mol. The highest BCUT2D eigenvalue weighted by Gasteiger charge is 2.60. The van der Waals surface area contributed by atoms with E-state index >= 15 is 0 Å². The largest absolute Gasteiger partial charge is 0.508 e. The number of aromatic hydroxyl groups is 5. The second-order valence-corrected chi connectivity index (χ2v) is 13.5. The molecule has 56 heavy (non-hydrogen) atoms. The molecule has 1 saturated carbocycles. The number of methoxy groups -OCH3 is 1. The van der Waals surface area contributed by atoms with Crippen molar-refractivity contribution >= 4 is 22.9 Å². The lowest BCUT2D eigenvalue weighted by atomic mass is 9.52. The van der Waals surface area contributed by atoms with Gasteiger partial charge in [-0.05, 0) is 59.7 Å². The number of ether oxygens (including phenoxy) is 4. The van der Waals surface area contributed by atoms with Crippen molar-refractivity contribution in [2.24, 2.45) is 11.8 Å². The number of benzene rings is 4. The number of aliphatic hydroxyl groups is 3. The molecule has 1 saturated heterocycles. The molecule has 16 nitrogen and oxygen atoms in total. The minimum Gasteiger partial charge on any atom is -0.508 e. The van der Waals surface area contributed by atoms with Gasteiger partial charge in [-0.1, -0.05) is 24.3 Å². The van der Waals surface area contributed by atoms with Crippen LogP contribution in [0.25, 0.3) is 22.3 Å². The Bertz CT molecular complexity index is 2300. The van der Waals surface area contributed by atoms with Gasteiger partial charge in [0, 0.05) is 29.5 Å². The Morgan fingerprint density at radius 3 is 1.77 bits per heavy atom. The number of hydrogen-bond donors (Lipinski definition) is 8. The first kappa shape index (κ1) is 38.0. The third-order valence-electron chi connectivity index (χ3n) is 10.2. The van der Waals surface area contributed by atoms with E-state index in [9.17, 15) is 55.2 Å². The van der Waals surface area contributed by atoms with Gasteiger partial charge in [0.15, 0.2) is 5.76 Å². The number of phenolic OH excluding ortho intramolecular Hbond substituents is 5. The Morgan fingerprint density at radius 1 is 0.679 bits per heavy atom. The van der Waals surface area contributed by atoms with Crippen LogP contribution in [0.15, 0.2) is 94.1 Å². The molecule has 0 amide bonds. The van der Waals surface area contributed by atoms with Crippen molar-refractivity contribution in [3.05, 3.63) is 106 Å². The maximum atomic E-state index is 13.9. The molecule has 2 heterocycles. The van der Waals surface area contributed by atoms with Gasteiger partial charge < -0.3 is 64.2 Å². The van der Waals surface area contributed by atoms with Crippen LogP contribution in [0.4, 0.5) is 0 Å². The lowest BCUT2D eigenvalue weighted by Gasteiger charge is -2.49. The normalized spacial score (nSPS) is 25.9. The Morgan fingerprint density at radius 2 is 1.21 bits per heavy atom. The number of aliphatic hydroxyl groups excluding tert-OH is 3. The highest BCUT2D eigenvalue weighted by Crippen LogP contribution is 2.59. The van der Waals surface area contributed by atoms with Crippen LogP contribution < -0.4 is 10.2 Å². The number of carbonyl (C=O) groups excluding carboxylic acids is 2. The molecule has 4 aromatic carbocycles. The molecule has 7 rings (SSSR count). The van der Waals surface area contributed by atoms with E-state index in [4.69, 9.17) is 23.4 Å². The lowest BCUT2D eigenvalue weighted by molar-refractivity contribution is -0.279. The van der Waals surface area contributed by atoms with Gasteiger partial charge in [-0.25, -0.2) is 0 Å². The topological polar surface area (TPSA) is 263 Å². The zero-order valence-electron chi connectivity index (χ0n) is 29.3. The summed E-state index contributed by atoms with van der Waals surface area (Å²) in [5.41, 5.74) is 0.133. The molecule has 1 aromatic heterocycles. The molecule has 292 valence electrons. The molecule has 0 unspecified atom stereocenters. The highest BCUT2D eigenvalue weighted by molar-refractivity contribution is 5.89. The van der Waals surface area contributed by atoms with Crippen molar-refractivity contribution in [3.8, 4) is 45.8 Å². The van der Waals surface area contributed by atoms with E-state index in [1.165, 1.54) is 55.6 Å². The molecule has 0 bridgehead atoms. The third-order valence-corrected chi connectivity index (χ3v) is 10.2. The minimum absolute atomic E-state index is 0.0167. The summed E-state index contributed by atoms with van der Waals surface area (Å²) in [6, 6.07) is 19.4. The summed E-state index contributed by atoms with van der Waals surface area (Å²) in [5, 5.41) is 82.6. The Kier molecular flexibility index (Phi) is 10.2. The molecule has 8 N–H and O–H groups in total. The van der Waals surface area contributed by atoms with Gasteiger partial charge in [0.1, 0.15) is 70.7 Å². The number of hydrogen-bond acceptors (Lipinski definition) is 16. The van der Waals surface area contributed by atoms with Crippen molar-refractivity contribution in [2.75, 3.05) is 13.7 Å². The van der Waals surface area contributed by atoms with Crippen molar-refractivity contribution in [1.82, 2.24) is 0 Å². The van der Waals surface area contributed by atoms with Gasteiger partial charge in [-0.3, -0.25) is 14.4 Å². The SMILES string of the molecule is COC(=O)[C@H]1[C@H](C(=O)OC[C@H]2O[C@@H](Oc3c(-c4ccc(O)cc4)oc4cc(O)cc(O)c4c3=O)[C@H](O)[C@@H](O)[C@H]2O)[C@@H](c2ccc(O)cc2)[C@@H]1c1ccc(O)cc1. The predicted octanol–water partition coefficient (Wildman–Crippen LogP) is 2.70. The third kappa shape index (κ3) is 6.90. The van der Waals surface area contributed by atoms with E-state index in [0.29, 0.717) is 11.1 Å². The average molecular weight is 773 g/mol. The van der Waals surface area contributed by atoms with Crippen molar-refractivity contribution < 1.29 is 73.8 Å². The highest BCUT2D eigenvalue weighted by atomic mass is 16.7. The molecule has 1 aliphatic carbocycles. The number of rotatable bonds is 9.